The van der Waals surface area contributed by atoms with Crippen LogP contribution in [0.25, 0.3) is 0 Å². The first-order valence-corrected chi connectivity index (χ1v) is 7.24. The number of nitrogens with one attached hydrogen (secondary N) is 1. The van der Waals surface area contributed by atoms with Crippen LogP contribution in [0.5, 0.6) is 5.75 Å². The minimum absolute atomic E-state index is 0.230. The monoisotopic (exact) mass is 304 g/mol. The fraction of sp³-hybridized carbons (Fsp3) is 0.286. The summed E-state index contributed by atoms with van der Waals surface area (Å²) in [7, 11) is 3.30. The third-order valence-corrected chi connectivity index (χ3v) is 3.91. The van der Waals surface area contributed by atoms with Gasteiger partial charge in [0.2, 0.25) is 0 Å². The van der Waals surface area contributed by atoms with E-state index < -0.39 is 0 Å². The number of nitrogens with two attached hydrogens (primary N) is 1. The van der Waals surface area contributed by atoms with Gasteiger partial charge in [-0.2, -0.15) is 0 Å². The zero-order valence-electron chi connectivity index (χ0n) is 11.8. The maximum absolute atomic E-state index is 11.3. The molecular formula is C14H16N4O2S. The second-order valence-corrected chi connectivity index (χ2v) is 5.13. The van der Waals surface area contributed by atoms with Crippen LogP contribution in [0.3, 0.4) is 0 Å². The maximum Gasteiger partial charge on any atom is 0.343 e. The zero-order chi connectivity index (χ0) is 15.2. The van der Waals surface area contributed by atoms with Crippen molar-refractivity contribution < 1.29 is 4.74 Å². The van der Waals surface area contributed by atoms with Crippen molar-refractivity contribution in [1.82, 2.24) is 14.8 Å². The highest BCUT2D eigenvalue weighted by Gasteiger charge is 2.08. The van der Waals surface area contributed by atoms with Gasteiger partial charge in [0, 0.05) is 18.4 Å². The number of ether oxygens (including phenoxy) is 1. The predicted molar refractivity (Wildman–Crippen MR) is 82.3 cm³/mol. The summed E-state index contributed by atoms with van der Waals surface area (Å²) >= 11 is 1.45. The van der Waals surface area contributed by atoms with E-state index in [9.17, 15) is 4.79 Å². The Morgan fingerprint density at radius 3 is 2.95 bits per heavy atom. The van der Waals surface area contributed by atoms with Crippen molar-refractivity contribution in [1.29, 1.82) is 0 Å². The summed E-state index contributed by atoms with van der Waals surface area (Å²) in [6.45, 7) is 0.312. The topological polar surface area (TPSA) is 85.9 Å². The molecule has 0 spiro atoms. The summed E-state index contributed by atoms with van der Waals surface area (Å²) in [5.74, 6) is 7.28. The van der Waals surface area contributed by atoms with Gasteiger partial charge in [-0.15, -0.1) is 5.10 Å². The molecule has 1 aromatic heterocycles. The van der Waals surface area contributed by atoms with Gasteiger partial charge in [-0.1, -0.05) is 23.6 Å². The third kappa shape index (κ3) is 3.68. The van der Waals surface area contributed by atoms with E-state index in [4.69, 9.17) is 10.5 Å². The SMILES string of the molecule is COc1ccc(C#CCN)c(CSc2n[nH]c(=O)n2C)c1. The van der Waals surface area contributed by atoms with Gasteiger partial charge in [0.1, 0.15) is 5.75 Å². The summed E-state index contributed by atoms with van der Waals surface area (Å²) < 4.78 is 6.70. The molecule has 7 heteroatoms. The first-order chi connectivity index (χ1) is 10.2. The van der Waals surface area contributed by atoms with Crippen LogP contribution in [0.1, 0.15) is 11.1 Å². The highest BCUT2D eigenvalue weighted by atomic mass is 32.2. The Morgan fingerprint density at radius 2 is 2.33 bits per heavy atom. The van der Waals surface area contributed by atoms with Crippen LogP contribution in [0.4, 0.5) is 0 Å². The predicted octanol–water partition coefficient (Wildman–Crippen LogP) is 0.720. The number of rotatable bonds is 4. The number of nitrogens with zero attached hydrogens (tertiary/aromatic N) is 2. The molecule has 3 N–H and O–H groups in total. The van der Waals surface area contributed by atoms with Gasteiger partial charge in [0.15, 0.2) is 5.16 Å². The Bertz CT molecular complexity index is 739. The molecular weight excluding hydrogens is 288 g/mol. The average Bonchev–Trinajstić information content (AvgIpc) is 2.83. The van der Waals surface area contributed by atoms with Gasteiger partial charge in [-0.05, 0) is 23.8 Å². The van der Waals surface area contributed by atoms with Crippen LogP contribution >= 0.6 is 11.8 Å². The van der Waals surface area contributed by atoms with E-state index in [-0.39, 0.29) is 5.69 Å². The number of H-pyrrole nitrogens is 1. The Labute approximate surface area is 126 Å². The van der Waals surface area contributed by atoms with Gasteiger partial charge >= 0.3 is 5.69 Å². The molecule has 0 amide bonds. The highest BCUT2D eigenvalue weighted by Crippen LogP contribution is 2.24. The molecule has 0 aliphatic heterocycles. The molecule has 1 heterocycles. The first-order valence-electron chi connectivity index (χ1n) is 6.25. The van der Waals surface area contributed by atoms with Crippen LogP contribution in [0, 0.1) is 11.8 Å². The van der Waals surface area contributed by atoms with Crippen molar-refractivity contribution in [2.45, 2.75) is 10.9 Å². The Balaban J connectivity index is 2.24. The van der Waals surface area contributed by atoms with Crippen LogP contribution in [0.2, 0.25) is 0 Å². The van der Waals surface area contributed by atoms with Crippen molar-refractivity contribution in [2.75, 3.05) is 13.7 Å². The molecule has 2 rings (SSSR count). The van der Waals surface area contributed by atoms with Gasteiger partial charge in [-0.3, -0.25) is 4.57 Å². The smallest absolute Gasteiger partial charge is 0.343 e. The molecule has 0 unspecified atom stereocenters. The van der Waals surface area contributed by atoms with Gasteiger partial charge in [-0.25, -0.2) is 9.89 Å². The van der Waals surface area contributed by atoms with Crippen molar-refractivity contribution in [3.8, 4) is 17.6 Å². The molecule has 0 fully saturated rings. The van der Waals surface area contributed by atoms with Gasteiger partial charge in [0.05, 0.1) is 13.7 Å². The van der Waals surface area contributed by atoms with E-state index in [0.29, 0.717) is 17.5 Å². The lowest BCUT2D eigenvalue weighted by Crippen LogP contribution is -2.12. The Kier molecular flexibility index (Phi) is 5.09. The second-order valence-electron chi connectivity index (χ2n) is 4.19. The summed E-state index contributed by atoms with van der Waals surface area (Å²) in [6.07, 6.45) is 0. The number of thioether (sulfide) groups is 1. The van der Waals surface area contributed by atoms with E-state index in [2.05, 4.69) is 22.0 Å². The number of methoxy groups -OCH3 is 1. The molecule has 0 bridgehead atoms. The van der Waals surface area contributed by atoms with Crippen molar-refractivity contribution >= 4 is 11.8 Å². The summed E-state index contributed by atoms with van der Waals surface area (Å²) in [5, 5.41) is 7.00. The number of aromatic nitrogens is 3. The molecule has 6 nitrogen and oxygen atoms in total. The van der Waals surface area contributed by atoms with E-state index in [0.717, 1.165) is 16.9 Å². The Morgan fingerprint density at radius 1 is 1.52 bits per heavy atom. The molecule has 21 heavy (non-hydrogen) atoms. The normalized spacial score (nSPS) is 10.0. The van der Waals surface area contributed by atoms with Crippen LogP contribution < -0.4 is 16.2 Å². The maximum atomic E-state index is 11.3. The van der Waals surface area contributed by atoms with Crippen molar-refractivity contribution in [2.24, 2.45) is 12.8 Å². The highest BCUT2D eigenvalue weighted by molar-refractivity contribution is 7.98. The van der Waals surface area contributed by atoms with E-state index in [1.54, 1.807) is 14.2 Å². The lowest BCUT2D eigenvalue weighted by Gasteiger charge is -2.07. The number of hydrogen-bond acceptors (Lipinski definition) is 5. The molecule has 1 aromatic carbocycles. The number of aromatic amines is 1. The molecule has 0 saturated heterocycles. The summed E-state index contributed by atoms with van der Waals surface area (Å²) in [6, 6.07) is 5.69. The lowest BCUT2D eigenvalue weighted by molar-refractivity contribution is 0.414. The van der Waals surface area contributed by atoms with Crippen LogP contribution in [-0.2, 0) is 12.8 Å². The standard InChI is InChI=1S/C14H16N4O2S/c1-18-13(19)16-17-14(18)21-9-11-8-12(20-2)6-5-10(11)4-3-7-15/h5-6,8H,7,9,15H2,1-2H3,(H,16,19). The third-order valence-electron chi connectivity index (χ3n) is 2.83. The van der Waals surface area contributed by atoms with Crippen LogP contribution in [0.15, 0.2) is 28.2 Å². The fourth-order valence-corrected chi connectivity index (χ4v) is 2.60. The van der Waals surface area contributed by atoms with E-state index in [1.165, 1.54) is 16.3 Å². The second kappa shape index (κ2) is 7.02. The van der Waals surface area contributed by atoms with Crippen molar-refractivity contribution in [3.05, 3.63) is 39.8 Å². The molecule has 110 valence electrons. The summed E-state index contributed by atoms with van der Waals surface area (Å²) in [4.78, 5) is 11.3. The van der Waals surface area contributed by atoms with E-state index >= 15 is 0 Å². The van der Waals surface area contributed by atoms with Crippen LogP contribution in [-0.4, -0.2) is 28.4 Å². The fourth-order valence-electron chi connectivity index (χ4n) is 1.69. The van der Waals surface area contributed by atoms with Crippen molar-refractivity contribution in [3.63, 3.8) is 0 Å². The largest absolute Gasteiger partial charge is 0.497 e. The quantitative estimate of drug-likeness (QED) is 0.642. The zero-order valence-corrected chi connectivity index (χ0v) is 12.7. The molecule has 0 radical (unpaired) electrons. The van der Waals surface area contributed by atoms with Gasteiger partial charge < -0.3 is 10.5 Å². The van der Waals surface area contributed by atoms with Gasteiger partial charge in [0.25, 0.3) is 0 Å². The lowest BCUT2D eigenvalue weighted by atomic mass is 10.1. The number of hydrogen-bond donors (Lipinski definition) is 2. The minimum atomic E-state index is -0.230. The van der Waals surface area contributed by atoms with E-state index in [1.807, 2.05) is 18.2 Å². The Hall–Kier alpha value is -2.17. The molecule has 0 aliphatic rings. The summed E-state index contributed by atoms with van der Waals surface area (Å²) in [5.41, 5.74) is 7.09. The first kappa shape index (κ1) is 15.2. The molecule has 0 saturated carbocycles. The molecule has 2 aromatic rings. The number of benzene rings is 1. The molecule has 0 aliphatic carbocycles. The molecule has 0 atom stereocenters. The minimum Gasteiger partial charge on any atom is -0.497 e. The average molecular weight is 304 g/mol.